The fourth-order valence-electron chi connectivity index (χ4n) is 3.07. The zero-order valence-electron chi connectivity index (χ0n) is 15.2. The lowest BCUT2D eigenvalue weighted by Crippen LogP contribution is -2.46. The molecule has 0 aromatic heterocycles. The maximum Gasteiger partial charge on any atom is 0.222 e. The van der Waals surface area contributed by atoms with Gasteiger partial charge in [-0.25, -0.2) is 4.39 Å². The van der Waals surface area contributed by atoms with E-state index in [9.17, 15) is 9.18 Å². The Balaban J connectivity index is 0.00000338. The van der Waals surface area contributed by atoms with Gasteiger partial charge in [0.05, 0.1) is 5.92 Å². The molecule has 3 unspecified atom stereocenters. The van der Waals surface area contributed by atoms with E-state index in [-0.39, 0.29) is 41.6 Å². The highest BCUT2D eigenvalue weighted by atomic mass is 127. The number of carbonyl (C=O) groups is 1. The molecule has 8 heteroatoms. The molecule has 1 aliphatic rings. The third-order valence-electron chi connectivity index (χ3n) is 4.60. The molecule has 1 aromatic rings. The molecule has 1 aliphatic carbocycles. The quantitative estimate of drug-likeness (QED) is 0.309. The topological polar surface area (TPSA) is 79.5 Å². The van der Waals surface area contributed by atoms with Gasteiger partial charge in [0.2, 0.25) is 5.91 Å². The number of nitrogens with one attached hydrogen (secondary N) is 2. The Morgan fingerprint density at radius 2 is 2.08 bits per heavy atom. The predicted octanol–water partition coefficient (Wildman–Crippen LogP) is 2.54. The smallest absolute Gasteiger partial charge is 0.222 e. The monoisotopic (exact) mass is 494 g/mol. The molecule has 0 saturated heterocycles. The number of aliphatic imine (C=N–C) groups is 1. The van der Waals surface area contributed by atoms with Gasteiger partial charge in [-0.2, -0.15) is 11.8 Å². The summed E-state index contributed by atoms with van der Waals surface area (Å²) in [6.07, 6.45) is 6.08. The Morgan fingerprint density at radius 1 is 1.38 bits per heavy atom. The number of amides is 1. The second-order valence-corrected chi connectivity index (χ2v) is 7.53. The summed E-state index contributed by atoms with van der Waals surface area (Å²) in [6.45, 7) is 0.394. The second-order valence-electron chi connectivity index (χ2n) is 6.40. The van der Waals surface area contributed by atoms with Crippen LogP contribution in [0.3, 0.4) is 0 Å². The molecular formula is C18H28FIN4OS. The van der Waals surface area contributed by atoms with Gasteiger partial charge in [-0.05, 0) is 49.6 Å². The minimum Gasteiger partial charge on any atom is -0.369 e. The lowest BCUT2D eigenvalue weighted by atomic mass is 9.98. The van der Waals surface area contributed by atoms with Gasteiger partial charge >= 0.3 is 0 Å². The summed E-state index contributed by atoms with van der Waals surface area (Å²) >= 11 is 1.91. The van der Waals surface area contributed by atoms with Gasteiger partial charge in [-0.3, -0.25) is 9.79 Å². The highest BCUT2D eigenvalue weighted by Gasteiger charge is 2.25. The maximum absolute atomic E-state index is 13.0. The molecule has 0 aliphatic heterocycles. The SMILES string of the molecule is CN=C(NCC(Cc1ccc(F)cc1)C(N)=O)NC1CCC(SC)C1.I. The molecule has 26 heavy (non-hydrogen) atoms. The van der Waals surface area contributed by atoms with Crippen LogP contribution < -0.4 is 16.4 Å². The lowest BCUT2D eigenvalue weighted by Gasteiger charge is -2.20. The van der Waals surface area contributed by atoms with Gasteiger partial charge in [0.15, 0.2) is 5.96 Å². The molecule has 1 aromatic carbocycles. The Kier molecular flexibility index (Phi) is 10.3. The van der Waals surface area contributed by atoms with Gasteiger partial charge in [0, 0.05) is 24.9 Å². The molecule has 0 spiro atoms. The van der Waals surface area contributed by atoms with E-state index in [1.165, 1.54) is 18.6 Å². The van der Waals surface area contributed by atoms with Gasteiger partial charge < -0.3 is 16.4 Å². The van der Waals surface area contributed by atoms with Crippen molar-refractivity contribution in [3.63, 3.8) is 0 Å². The average Bonchev–Trinajstić information content (AvgIpc) is 3.06. The Hall–Kier alpha value is -1.03. The van der Waals surface area contributed by atoms with Gasteiger partial charge in [0.25, 0.3) is 0 Å². The average molecular weight is 494 g/mol. The van der Waals surface area contributed by atoms with Crippen molar-refractivity contribution in [2.24, 2.45) is 16.6 Å². The molecule has 3 atom stereocenters. The van der Waals surface area contributed by atoms with E-state index in [1.807, 2.05) is 11.8 Å². The summed E-state index contributed by atoms with van der Waals surface area (Å²) in [5.74, 6) is -0.360. The van der Waals surface area contributed by atoms with Crippen molar-refractivity contribution >= 4 is 47.6 Å². The first kappa shape index (κ1) is 23.0. The first-order chi connectivity index (χ1) is 12.0. The first-order valence-electron chi connectivity index (χ1n) is 8.55. The van der Waals surface area contributed by atoms with Crippen LogP contribution in [-0.4, -0.2) is 43.0 Å². The van der Waals surface area contributed by atoms with Crippen molar-refractivity contribution in [3.8, 4) is 0 Å². The molecule has 0 bridgehead atoms. The Labute approximate surface area is 176 Å². The standard InChI is InChI=1S/C18H27FN4OS.HI/c1-21-18(23-15-7-8-16(10-15)25-2)22-11-13(17(20)24)9-12-3-5-14(19)6-4-12;/h3-6,13,15-16H,7-11H2,1-2H3,(H2,20,24)(H2,21,22,23);1H. The Morgan fingerprint density at radius 3 is 2.62 bits per heavy atom. The van der Waals surface area contributed by atoms with Gasteiger partial charge in [-0.15, -0.1) is 24.0 Å². The normalized spacial score (nSPS) is 21.0. The largest absolute Gasteiger partial charge is 0.369 e. The summed E-state index contributed by atoms with van der Waals surface area (Å²) in [6, 6.07) is 6.55. The molecular weight excluding hydrogens is 466 g/mol. The van der Waals surface area contributed by atoms with Crippen LogP contribution in [0.2, 0.25) is 0 Å². The number of thioether (sulfide) groups is 1. The number of hydrogen-bond acceptors (Lipinski definition) is 3. The van der Waals surface area contributed by atoms with Crippen molar-refractivity contribution in [3.05, 3.63) is 35.6 Å². The minimum atomic E-state index is -0.383. The highest BCUT2D eigenvalue weighted by molar-refractivity contribution is 14.0. The van der Waals surface area contributed by atoms with Crippen molar-refractivity contribution < 1.29 is 9.18 Å². The number of benzene rings is 1. The van der Waals surface area contributed by atoms with Crippen LogP contribution in [0.5, 0.6) is 0 Å². The number of rotatable bonds is 7. The van der Waals surface area contributed by atoms with Gasteiger partial charge in [-0.1, -0.05) is 12.1 Å². The number of primary amides is 1. The van der Waals surface area contributed by atoms with Crippen molar-refractivity contribution in [1.29, 1.82) is 0 Å². The van der Waals surface area contributed by atoms with Crippen molar-refractivity contribution in [1.82, 2.24) is 10.6 Å². The van der Waals surface area contributed by atoms with Crippen molar-refractivity contribution in [2.75, 3.05) is 19.8 Å². The number of nitrogens with zero attached hydrogens (tertiary/aromatic N) is 1. The van der Waals surface area contributed by atoms with E-state index < -0.39 is 0 Å². The molecule has 1 amide bonds. The van der Waals surface area contributed by atoms with Crippen LogP contribution >= 0.6 is 35.7 Å². The molecule has 1 saturated carbocycles. The van der Waals surface area contributed by atoms with E-state index in [0.29, 0.717) is 30.2 Å². The fourth-order valence-corrected chi connectivity index (χ4v) is 3.87. The summed E-state index contributed by atoms with van der Waals surface area (Å²) in [7, 11) is 1.72. The fraction of sp³-hybridized carbons (Fsp3) is 0.556. The van der Waals surface area contributed by atoms with Crippen LogP contribution in [0.15, 0.2) is 29.3 Å². The third-order valence-corrected chi connectivity index (χ3v) is 5.69. The molecule has 146 valence electrons. The maximum atomic E-state index is 13.0. The molecule has 4 N–H and O–H groups in total. The van der Waals surface area contributed by atoms with E-state index in [1.54, 1.807) is 19.2 Å². The number of halogens is 2. The number of carbonyl (C=O) groups excluding carboxylic acids is 1. The summed E-state index contributed by atoms with van der Waals surface area (Å²) in [4.78, 5) is 16.0. The number of hydrogen-bond donors (Lipinski definition) is 3. The first-order valence-corrected chi connectivity index (χ1v) is 9.84. The molecule has 5 nitrogen and oxygen atoms in total. The zero-order chi connectivity index (χ0) is 18.2. The number of guanidine groups is 1. The van der Waals surface area contributed by atoms with Crippen LogP contribution in [0.1, 0.15) is 24.8 Å². The van der Waals surface area contributed by atoms with E-state index in [2.05, 4.69) is 21.9 Å². The predicted molar refractivity (Wildman–Crippen MR) is 118 cm³/mol. The third kappa shape index (κ3) is 7.30. The van der Waals surface area contributed by atoms with Crippen LogP contribution in [0.25, 0.3) is 0 Å². The van der Waals surface area contributed by atoms with Crippen LogP contribution in [0, 0.1) is 11.7 Å². The van der Waals surface area contributed by atoms with Crippen LogP contribution in [0.4, 0.5) is 4.39 Å². The van der Waals surface area contributed by atoms with E-state index >= 15 is 0 Å². The number of nitrogens with two attached hydrogens (primary N) is 1. The lowest BCUT2D eigenvalue weighted by molar-refractivity contribution is -0.121. The second kappa shape index (κ2) is 11.6. The molecule has 2 rings (SSSR count). The highest BCUT2D eigenvalue weighted by Crippen LogP contribution is 2.28. The van der Waals surface area contributed by atoms with Crippen LogP contribution in [-0.2, 0) is 11.2 Å². The van der Waals surface area contributed by atoms with Gasteiger partial charge in [0.1, 0.15) is 5.82 Å². The van der Waals surface area contributed by atoms with E-state index in [4.69, 9.17) is 5.73 Å². The molecule has 1 fully saturated rings. The minimum absolute atomic E-state index is 0. The van der Waals surface area contributed by atoms with Crippen molar-refractivity contribution in [2.45, 2.75) is 37.0 Å². The summed E-state index contributed by atoms with van der Waals surface area (Å²) < 4.78 is 13.0. The molecule has 0 heterocycles. The van der Waals surface area contributed by atoms with E-state index in [0.717, 1.165) is 18.4 Å². The molecule has 0 radical (unpaired) electrons. The summed E-state index contributed by atoms with van der Waals surface area (Å²) in [5.41, 5.74) is 6.41. The Bertz CT molecular complexity index is 599. The summed E-state index contributed by atoms with van der Waals surface area (Å²) in [5, 5.41) is 7.32. The zero-order valence-corrected chi connectivity index (χ0v) is 18.4.